The molecule has 3 rings (SSSR count). The Hall–Kier alpha value is -2.38. The van der Waals surface area contributed by atoms with Crippen LogP contribution in [0.25, 0.3) is 5.57 Å². The number of ether oxygens (including phenoxy) is 2. The Balaban J connectivity index is 1.87. The van der Waals surface area contributed by atoms with Crippen LogP contribution in [0.4, 0.5) is 0 Å². The average Bonchev–Trinajstić information content (AvgIpc) is 3.05. The number of nitrogens with zero attached hydrogens (tertiary/aromatic N) is 3. The zero-order valence-corrected chi connectivity index (χ0v) is 20.8. The smallest absolute Gasteiger partial charge is 0.277 e. The summed E-state index contributed by atoms with van der Waals surface area (Å²) in [6, 6.07) is 7.78. The van der Waals surface area contributed by atoms with Gasteiger partial charge in [0.15, 0.2) is 0 Å². The van der Waals surface area contributed by atoms with E-state index in [2.05, 4.69) is 25.8 Å². The highest BCUT2D eigenvalue weighted by Gasteiger charge is 2.42. The highest BCUT2D eigenvalue weighted by Crippen LogP contribution is 2.34. The predicted molar refractivity (Wildman–Crippen MR) is 130 cm³/mol. The molecule has 0 aliphatic carbocycles. The molecule has 0 unspecified atom stereocenters. The molecule has 182 valence electrons. The Morgan fingerprint density at radius 1 is 1.09 bits per heavy atom. The van der Waals surface area contributed by atoms with Gasteiger partial charge in [0.05, 0.1) is 12.2 Å². The van der Waals surface area contributed by atoms with Crippen molar-refractivity contribution in [2.75, 3.05) is 53.6 Å². The molecular formula is C26H39N3O4. The highest BCUT2D eigenvalue weighted by molar-refractivity contribution is 6.35. The van der Waals surface area contributed by atoms with E-state index in [1.807, 2.05) is 43.1 Å². The largest absolute Gasteiger partial charge is 0.493 e. The van der Waals surface area contributed by atoms with Gasteiger partial charge in [-0.15, -0.1) is 0 Å². The van der Waals surface area contributed by atoms with Crippen LogP contribution < -0.4 is 4.74 Å². The minimum absolute atomic E-state index is 0.201. The van der Waals surface area contributed by atoms with E-state index >= 15 is 0 Å². The van der Waals surface area contributed by atoms with Crippen molar-refractivity contribution in [2.24, 2.45) is 5.92 Å². The highest BCUT2D eigenvalue weighted by atomic mass is 16.5. The van der Waals surface area contributed by atoms with Crippen molar-refractivity contribution in [3.63, 3.8) is 0 Å². The lowest BCUT2D eigenvalue weighted by Gasteiger charge is -2.36. The Bertz CT molecular complexity index is 842. The quantitative estimate of drug-likeness (QED) is 0.376. The molecule has 2 aliphatic rings. The monoisotopic (exact) mass is 457 g/mol. The Morgan fingerprint density at radius 3 is 2.36 bits per heavy atom. The van der Waals surface area contributed by atoms with Crippen LogP contribution in [0.1, 0.15) is 45.6 Å². The fraction of sp³-hybridized carbons (Fsp3) is 0.615. The van der Waals surface area contributed by atoms with E-state index in [9.17, 15) is 9.59 Å². The second kappa shape index (κ2) is 11.7. The summed E-state index contributed by atoms with van der Waals surface area (Å²) >= 11 is 0. The number of piperidine rings is 1. The van der Waals surface area contributed by atoms with E-state index in [1.165, 1.54) is 4.90 Å². The summed E-state index contributed by atoms with van der Waals surface area (Å²) < 4.78 is 11.2. The van der Waals surface area contributed by atoms with Gasteiger partial charge < -0.3 is 19.3 Å². The first-order valence-electron chi connectivity index (χ1n) is 12.2. The van der Waals surface area contributed by atoms with Gasteiger partial charge in [0.2, 0.25) is 0 Å². The fourth-order valence-electron chi connectivity index (χ4n) is 4.37. The summed E-state index contributed by atoms with van der Waals surface area (Å²) in [5.41, 5.74) is 1.77. The number of hydrogen-bond acceptors (Lipinski definition) is 6. The molecule has 1 aromatic carbocycles. The molecule has 0 radical (unpaired) electrons. The molecule has 7 nitrogen and oxygen atoms in total. The second-order valence-corrected chi connectivity index (χ2v) is 9.41. The first-order chi connectivity index (χ1) is 15.8. The molecule has 2 amide bonds. The average molecular weight is 458 g/mol. The van der Waals surface area contributed by atoms with E-state index in [0.717, 1.165) is 37.2 Å². The van der Waals surface area contributed by atoms with Crippen molar-refractivity contribution in [3.8, 4) is 5.75 Å². The van der Waals surface area contributed by atoms with Crippen molar-refractivity contribution in [1.82, 2.24) is 14.7 Å². The molecule has 0 atom stereocenters. The van der Waals surface area contributed by atoms with E-state index in [1.54, 1.807) is 0 Å². The zero-order valence-electron chi connectivity index (χ0n) is 20.8. The van der Waals surface area contributed by atoms with Gasteiger partial charge in [-0.3, -0.25) is 14.5 Å². The van der Waals surface area contributed by atoms with Crippen LogP contribution in [0.5, 0.6) is 5.75 Å². The summed E-state index contributed by atoms with van der Waals surface area (Å²) in [4.78, 5) is 32.7. The van der Waals surface area contributed by atoms with Gasteiger partial charge in [0.25, 0.3) is 11.8 Å². The number of rotatable bonds is 11. The van der Waals surface area contributed by atoms with Crippen LogP contribution in [0.15, 0.2) is 30.0 Å². The normalized spacial score (nSPS) is 18.1. The molecule has 0 spiro atoms. The minimum atomic E-state index is -0.220. The molecule has 2 aliphatic heterocycles. The maximum Gasteiger partial charge on any atom is 0.277 e. The summed E-state index contributed by atoms with van der Waals surface area (Å²) in [5, 5.41) is 0. The number of likely N-dealkylation sites (tertiary alicyclic amines) is 1. The number of hydrogen-bond donors (Lipinski definition) is 0. The van der Waals surface area contributed by atoms with E-state index in [4.69, 9.17) is 9.47 Å². The van der Waals surface area contributed by atoms with Crippen LogP contribution in [-0.2, 0) is 14.3 Å². The summed E-state index contributed by atoms with van der Waals surface area (Å²) in [6.07, 6.45) is 2.57. The van der Waals surface area contributed by atoms with Gasteiger partial charge in [-0.05, 0) is 69.9 Å². The molecule has 1 saturated heterocycles. The number of likely N-dealkylation sites (N-methyl/N-ethyl adjacent to an activating group) is 1. The van der Waals surface area contributed by atoms with Crippen LogP contribution in [0.2, 0.25) is 0 Å². The zero-order chi connectivity index (χ0) is 24.0. The van der Waals surface area contributed by atoms with Gasteiger partial charge in [-0.2, -0.15) is 0 Å². The van der Waals surface area contributed by atoms with Gasteiger partial charge >= 0.3 is 0 Å². The summed E-state index contributed by atoms with van der Waals surface area (Å²) in [6.45, 7) is 10.3. The van der Waals surface area contributed by atoms with Crippen LogP contribution in [0.3, 0.4) is 0 Å². The van der Waals surface area contributed by atoms with Gasteiger partial charge in [-0.1, -0.05) is 26.0 Å². The molecule has 0 saturated carbocycles. The number of benzene rings is 1. The number of amides is 2. The lowest BCUT2D eigenvalue weighted by Crippen LogP contribution is -2.43. The number of carbonyl (C=O) groups is 2. The van der Waals surface area contributed by atoms with Crippen LogP contribution in [-0.4, -0.2) is 86.1 Å². The molecule has 1 fully saturated rings. The molecule has 0 aromatic heterocycles. The third-order valence-corrected chi connectivity index (χ3v) is 6.33. The number of carbonyl (C=O) groups excluding carboxylic acids is 2. The standard InChI is InChI=1S/C26H39N3O4/c1-6-32-17-7-14-29-25(30)23(20-8-10-22(11-9-20)33-18-19(2)3)24(26(29)31)28(5)21-12-15-27(4)16-13-21/h8-11,19,21H,6-7,12-18H2,1-5H3. The van der Waals surface area contributed by atoms with Gasteiger partial charge in [0.1, 0.15) is 11.4 Å². The maximum absolute atomic E-state index is 13.5. The summed E-state index contributed by atoms with van der Waals surface area (Å²) in [5.74, 6) is 0.778. The van der Waals surface area contributed by atoms with E-state index in [0.29, 0.717) is 50.0 Å². The molecule has 2 heterocycles. The first-order valence-corrected chi connectivity index (χ1v) is 12.2. The minimum Gasteiger partial charge on any atom is -0.493 e. The number of imide groups is 1. The lowest BCUT2D eigenvalue weighted by atomic mass is 10.00. The van der Waals surface area contributed by atoms with E-state index in [-0.39, 0.29) is 17.9 Å². The molecule has 0 bridgehead atoms. The molecule has 1 aromatic rings. The van der Waals surface area contributed by atoms with Crippen molar-refractivity contribution < 1.29 is 19.1 Å². The predicted octanol–water partition coefficient (Wildman–Crippen LogP) is 3.25. The topological polar surface area (TPSA) is 62.3 Å². The third-order valence-electron chi connectivity index (χ3n) is 6.33. The Labute approximate surface area is 198 Å². The molecule has 0 N–H and O–H groups in total. The van der Waals surface area contributed by atoms with Crippen molar-refractivity contribution >= 4 is 17.4 Å². The second-order valence-electron chi connectivity index (χ2n) is 9.41. The first kappa shape index (κ1) is 25.2. The van der Waals surface area contributed by atoms with E-state index < -0.39 is 0 Å². The Kier molecular flexibility index (Phi) is 8.92. The van der Waals surface area contributed by atoms with Crippen LogP contribution in [0, 0.1) is 5.92 Å². The maximum atomic E-state index is 13.5. The molecular weight excluding hydrogens is 418 g/mol. The van der Waals surface area contributed by atoms with Gasteiger partial charge in [0, 0.05) is 32.8 Å². The lowest BCUT2D eigenvalue weighted by molar-refractivity contribution is -0.137. The molecule has 7 heteroatoms. The molecule has 33 heavy (non-hydrogen) atoms. The fourth-order valence-corrected chi connectivity index (χ4v) is 4.37. The van der Waals surface area contributed by atoms with Crippen molar-refractivity contribution in [1.29, 1.82) is 0 Å². The van der Waals surface area contributed by atoms with Crippen LogP contribution >= 0.6 is 0 Å². The Morgan fingerprint density at radius 2 is 1.76 bits per heavy atom. The van der Waals surface area contributed by atoms with Crippen molar-refractivity contribution in [2.45, 2.75) is 46.1 Å². The third kappa shape index (κ3) is 6.15. The van der Waals surface area contributed by atoms with Crippen molar-refractivity contribution in [3.05, 3.63) is 35.5 Å². The van der Waals surface area contributed by atoms with Gasteiger partial charge in [-0.25, -0.2) is 0 Å². The SMILES string of the molecule is CCOCCCN1C(=O)C(c2ccc(OCC(C)C)cc2)=C(N(C)C2CCN(C)CC2)C1=O. The summed E-state index contributed by atoms with van der Waals surface area (Å²) in [7, 11) is 4.08.